The van der Waals surface area contributed by atoms with E-state index in [-0.39, 0.29) is 46.5 Å². The molecular formula is C94H199F3N2O8S10. The standard InChI is InChI=1S/C10H14S.C8H18S2.C7H12O2.C7H16S2.C7H16S.2C6H12O2.C6H14S2.C6H12.C5H10F2.C5H11F.C5H12S2.2C5H12.C3H7NO2.C3H9N/c1-9(2)8-11-10-6-4-3-5-7-10;1-7(2)6-9-10-8(3,4)5;1-4-5-9-7(8)6(2)3;1-6(2)5-8-9-7(3)4;1-5-8-7(4)6(2)3;2*1-4-8-6(7)5(2)3;1-4-7-8-5-6(2)3;1-4-5-6(2)3;1-4(2)5(3,6)7;1-4(2)5(3)6;1-5(2)4-7-6-3;2*1-4-5(2)3;1-3(2)4(5)6;1-3(2)4/h3-7,9H,8H2,1-2H3;7H,6H2,1-5H3;4,6H,1,5H2,2-3H3;6-7H,5H2,1-4H3;6-7H,5H2,1-4H3;2*5H,4H2,1-3H3;6H,4-5H2,1-3H3;4,6H,1,5H2,2-3H3;4H,1-3H3;4-5H,1-3H3;5H,4H2,1-3H3;2*5H,4H2,1-3H3;3H,1-2H3;3H,4H2,1-2H3. The quantitative estimate of drug-likeness (QED) is 0.0102. The van der Waals surface area contributed by atoms with Gasteiger partial charge in [0.2, 0.25) is 12.0 Å². The van der Waals surface area contributed by atoms with E-state index in [1.807, 2.05) is 171 Å². The predicted molar refractivity (Wildman–Crippen MR) is 557 cm³/mol. The van der Waals surface area contributed by atoms with Gasteiger partial charge in [-0.2, -0.15) is 11.8 Å². The molecule has 23 heteroatoms. The van der Waals surface area contributed by atoms with Gasteiger partial charge < -0.3 is 19.9 Å². The number of nitrogens with zero attached hydrogens (tertiary/aromatic N) is 1. The molecule has 0 radical (unpaired) electrons. The van der Waals surface area contributed by atoms with Gasteiger partial charge in [-0.05, 0) is 123 Å². The number of nitro groups is 1. The van der Waals surface area contributed by atoms with Crippen LogP contribution in [0, 0.1) is 93.0 Å². The molecule has 1 rings (SSSR count). The molecule has 0 aliphatic rings. The second kappa shape index (κ2) is 112. The molecule has 2 unspecified atom stereocenters. The van der Waals surface area contributed by atoms with Gasteiger partial charge in [0, 0.05) is 79.3 Å². The van der Waals surface area contributed by atoms with Gasteiger partial charge in [-0.1, -0.05) is 413 Å². The van der Waals surface area contributed by atoms with Gasteiger partial charge in [0.1, 0.15) is 6.61 Å². The Bertz CT molecular complexity index is 2030. The molecule has 2 atom stereocenters. The first kappa shape index (κ1) is 151. The van der Waals surface area contributed by atoms with Gasteiger partial charge in [-0.25, -0.2) is 13.2 Å². The highest BCUT2D eigenvalue weighted by Gasteiger charge is 2.25. The smallest absolute Gasteiger partial charge is 0.308 e. The normalized spacial score (nSPS) is 10.9. The van der Waals surface area contributed by atoms with E-state index >= 15 is 0 Å². The Morgan fingerprint density at radius 1 is 0.487 bits per heavy atom. The zero-order valence-electron chi connectivity index (χ0n) is 85.1. The van der Waals surface area contributed by atoms with Crippen molar-refractivity contribution < 1.29 is 46.7 Å². The van der Waals surface area contributed by atoms with Crippen LogP contribution in [-0.4, -0.2) is 129 Å². The SMILES string of the molecule is C=CCC(C)C.C=CCOC(=O)C(C)C.CC(C)C(C)(F)F.CC(C)C(C)F.CC(C)CSSC(C)(C)C.CC(C)CSSC(C)C.CC(C)CSc1ccccc1.CC(C)N.CC(C)[N+](=O)[O-].CCC(C)C.CCC(C)C.CCOC(=O)C(C)C.CCOC(=O)C(C)C.CCSC(C)C(C)C.CCSSCC(C)C.CSSCC(C)C. The van der Waals surface area contributed by atoms with Crippen molar-refractivity contribution in [3.63, 3.8) is 0 Å². The summed E-state index contributed by atoms with van der Waals surface area (Å²) in [4.78, 5) is 42.2. The van der Waals surface area contributed by atoms with E-state index in [4.69, 9.17) is 10.5 Å². The Balaban J connectivity index is -0.0000000734. The molecule has 1 aromatic carbocycles. The lowest BCUT2D eigenvalue weighted by molar-refractivity contribution is -0.513. The highest BCUT2D eigenvalue weighted by atomic mass is 33.1. The molecule has 0 aliphatic carbocycles. The molecule has 0 aliphatic heterocycles. The molecular weight excluding hydrogens is 1660 g/mol. The van der Waals surface area contributed by atoms with Crippen molar-refractivity contribution in [1.29, 1.82) is 0 Å². The van der Waals surface area contributed by atoms with Crippen molar-refractivity contribution in [2.24, 2.45) is 88.6 Å². The van der Waals surface area contributed by atoms with E-state index in [0.717, 1.165) is 77.1 Å². The number of carbonyl (C=O) groups excluding carboxylic acids is 3. The van der Waals surface area contributed by atoms with Crippen molar-refractivity contribution >= 4 is 128 Å². The molecule has 0 amide bonds. The lowest BCUT2D eigenvalue weighted by atomic mass is 10.1. The fourth-order valence-electron chi connectivity index (χ4n) is 3.62. The van der Waals surface area contributed by atoms with E-state index in [1.54, 1.807) is 54.5 Å². The van der Waals surface area contributed by atoms with Gasteiger partial charge in [0.25, 0.3) is 0 Å². The second-order valence-electron chi connectivity index (χ2n) is 34.1. The van der Waals surface area contributed by atoms with E-state index in [1.165, 1.54) is 71.9 Å². The van der Waals surface area contributed by atoms with Gasteiger partial charge >= 0.3 is 17.9 Å². The van der Waals surface area contributed by atoms with Crippen LogP contribution in [-0.2, 0) is 28.6 Å². The average molecular weight is 1860 g/mol. The molecule has 2 N–H and O–H groups in total. The van der Waals surface area contributed by atoms with Crippen LogP contribution < -0.4 is 5.73 Å². The maximum Gasteiger partial charge on any atom is 0.308 e. The lowest BCUT2D eigenvalue weighted by Gasteiger charge is -2.16. The maximum atomic E-state index is 11.8. The molecule has 0 aromatic heterocycles. The van der Waals surface area contributed by atoms with Crippen LogP contribution in [0.3, 0.4) is 0 Å². The number of benzene rings is 1. The Hall–Kier alpha value is -0.240. The fraction of sp³-hybridized carbons (Fsp3) is 0.862. The van der Waals surface area contributed by atoms with Crippen molar-refractivity contribution in [1.82, 2.24) is 0 Å². The first-order valence-corrected chi connectivity index (χ1v) is 55.2. The Labute approximate surface area is 770 Å². The molecule has 714 valence electrons. The molecule has 0 heterocycles. The minimum Gasteiger partial charge on any atom is -0.466 e. The lowest BCUT2D eigenvalue weighted by Crippen LogP contribution is -2.17. The third-order valence-electron chi connectivity index (χ3n) is 12.1. The summed E-state index contributed by atoms with van der Waals surface area (Å²) in [5.41, 5.74) is 5.11. The molecule has 1 aromatic rings. The number of esters is 3. The van der Waals surface area contributed by atoms with Gasteiger partial charge in [0.05, 0.1) is 37.1 Å². The minimum atomic E-state index is -2.50. The number of hydrogen-bond acceptors (Lipinski definition) is 19. The van der Waals surface area contributed by atoms with Crippen LogP contribution in [0.25, 0.3) is 0 Å². The first-order valence-electron chi connectivity index (χ1n) is 43.3. The Morgan fingerprint density at radius 3 is 0.983 bits per heavy atom. The third-order valence-corrected chi connectivity index (χ3v) is 26.9. The number of thioether (sulfide) groups is 2. The topological polar surface area (TPSA) is 148 Å². The molecule has 0 saturated heterocycles. The van der Waals surface area contributed by atoms with Gasteiger partial charge in [-0.15, -0.1) is 18.3 Å². The summed E-state index contributed by atoms with van der Waals surface area (Å²) in [5, 5.41) is 11.1. The number of ether oxygens (including phenoxy) is 3. The average Bonchev–Trinajstić information content (AvgIpc) is 0.959. The largest absolute Gasteiger partial charge is 0.466 e. The number of alkyl halides is 3. The number of halogens is 3. The molecule has 0 fully saturated rings. The Morgan fingerprint density at radius 2 is 0.803 bits per heavy atom. The van der Waals surface area contributed by atoms with Crippen molar-refractivity contribution in [3.8, 4) is 0 Å². The summed E-state index contributed by atoms with van der Waals surface area (Å²) in [7, 11) is 15.6. The van der Waals surface area contributed by atoms with Crippen molar-refractivity contribution in [3.05, 3.63) is 65.8 Å². The summed E-state index contributed by atoms with van der Waals surface area (Å²) in [6.45, 7) is 102. The molecule has 0 spiro atoms. The van der Waals surface area contributed by atoms with E-state index in [2.05, 4.69) is 253 Å². The summed E-state index contributed by atoms with van der Waals surface area (Å²) in [6, 6.07) is 10.5. The Kier molecular flexibility index (Phi) is 144. The molecule has 0 bridgehead atoms. The van der Waals surface area contributed by atoms with Crippen LogP contribution in [0.5, 0.6) is 0 Å². The summed E-state index contributed by atoms with van der Waals surface area (Å²) in [5.74, 6) is 13.0. The first-order chi connectivity index (χ1) is 53.4. The third kappa shape index (κ3) is 209. The number of hydrogen-bond donors (Lipinski definition) is 1. The highest BCUT2D eigenvalue weighted by Crippen LogP contribution is 2.36. The number of carbonyl (C=O) groups is 3. The van der Waals surface area contributed by atoms with Crippen LogP contribution in [0.1, 0.15) is 338 Å². The van der Waals surface area contributed by atoms with E-state index in [9.17, 15) is 37.7 Å². The molecule has 0 saturated carbocycles. The monoisotopic (exact) mass is 1860 g/mol. The van der Waals surface area contributed by atoms with Gasteiger partial charge in [-0.3, -0.25) is 24.5 Å². The summed E-state index contributed by atoms with van der Waals surface area (Å²) >= 11 is 3.97. The zero-order valence-corrected chi connectivity index (χ0v) is 93.3. The highest BCUT2D eigenvalue weighted by molar-refractivity contribution is 8.77. The number of rotatable bonds is 34. The van der Waals surface area contributed by atoms with Crippen molar-refractivity contribution in [2.45, 2.75) is 382 Å². The zero-order chi connectivity index (χ0) is 96.2. The summed E-state index contributed by atoms with van der Waals surface area (Å²) < 4.78 is 50.0. The van der Waals surface area contributed by atoms with Crippen molar-refractivity contribution in [2.75, 3.05) is 66.3 Å². The van der Waals surface area contributed by atoms with E-state index < -0.39 is 24.1 Å². The van der Waals surface area contributed by atoms with Gasteiger partial charge in [0.15, 0.2) is 0 Å². The number of allylic oxidation sites excluding steroid dienone is 1. The van der Waals surface area contributed by atoms with Crippen LogP contribution in [0.2, 0.25) is 0 Å². The van der Waals surface area contributed by atoms with Crippen LogP contribution in [0.4, 0.5) is 13.2 Å². The van der Waals surface area contributed by atoms with E-state index in [0.29, 0.717) is 30.6 Å². The summed E-state index contributed by atoms with van der Waals surface area (Å²) in [6.07, 6.45) is 8.72. The fourth-order valence-corrected chi connectivity index (χ4v) is 14.4. The second-order valence-corrected chi connectivity index (χ2v) is 48.4. The molecule has 10 nitrogen and oxygen atoms in total. The van der Waals surface area contributed by atoms with Crippen LogP contribution >= 0.6 is 110 Å². The molecule has 117 heavy (non-hydrogen) atoms. The maximum absolute atomic E-state index is 11.8. The predicted octanol–water partition coefficient (Wildman–Crippen LogP) is 34.6. The minimum absolute atomic E-state index is 0.00921. The number of nitrogens with two attached hydrogens (primary N) is 1. The van der Waals surface area contributed by atoms with Crippen LogP contribution in [0.15, 0.2) is 60.5 Å².